The van der Waals surface area contributed by atoms with Crippen molar-refractivity contribution in [3.05, 3.63) is 59.1 Å². The predicted octanol–water partition coefficient (Wildman–Crippen LogP) is 3.09. The van der Waals surface area contributed by atoms with E-state index in [0.29, 0.717) is 17.3 Å². The maximum atomic E-state index is 11.4. The number of anilines is 2. The highest BCUT2D eigenvalue weighted by Crippen LogP contribution is 2.33. The zero-order valence-electron chi connectivity index (χ0n) is 13.9. The molecule has 1 atom stereocenters. The molecule has 1 fully saturated rings. The summed E-state index contributed by atoms with van der Waals surface area (Å²) in [4.78, 5) is 15.7. The second kappa shape index (κ2) is 7.76. The highest BCUT2D eigenvalue weighted by molar-refractivity contribution is 6.33. The Balaban J connectivity index is 1.79. The molecular formula is C19H22ClN3O2. The summed E-state index contributed by atoms with van der Waals surface area (Å²) in [6, 6.07) is 15.6. The molecule has 0 bridgehead atoms. The van der Waals surface area contributed by atoms with Crippen molar-refractivity contribution in [1.82, 2.24) is 4.90 Å². The van der Waals surface area contributed by atoms with Crippen LogP contribution in [0, 0.1) is 0 Å². The smallest absolute Gasteiger partial charge is 0.305 e. The molecule has 0 unspecified atom stereocenters. The number of benzene rings is 2. The zero-order chi connectivity index (χ0) is 17.8. The molecule has 0 aliphatic carbocycles. The van der Waals surface area contributed by atoms with Crippen LogP contribution >= 0.6 is 11.6 Å². The first kappa shape index (κ1) is 17.6. The van der Waals surface area contributed by atoms with Gasteiger partial charge in [0.25, 0.3) is 0 Å². The normalized spacial score (nSPS) is 18.3. The first-order chi connectivity index (χ1) is 12.0. The molecule has 25 heavy (non-hydrogen) atoms. The Morgan fingerprint density at radius 2 is 1.92 bits per heavy atom. The van der Waals surface area contributed by atoms with Crippen LogP contribution in [0.15, 0.2) is 48.5 Å². The molecule has 1 heterocycles. The fourth-order valence-corrected chi connectivity index (χ4v) is 3.54. The number of rotatable bonds is 5. The van der Waals surface area contributed by atoms with Crippen molar-refractivity contribution in [1.29, 1.82) is 0 Å². The molecule has 0 radical (unpaired) electrons. The van der Waals surface area contributed by atoms with Gasteiger partial charge in [-0.05, 0) is 17.7 Å². The molecule has 1 saturated heterocycles. The van der Waals surface area contributed by atoms with Gasteiger partial charge in [0.1, 0.15) is 0 Å². The zero-order valence-corrected chi connectivity index (χ0v) is 14.7. The number of carbonyl (C=O) groups is 1. The molecule has 0 spiro atoms. The van der Waals surface area contributed by atoms with Gasteiger partial charge in [0, 0.05) is 26.2 Å². The van der Waals surface area contributed by atoms with Gasteiger partial charge in [0.2, 0.25) is 0 Å². The fraction of sp³-hybridized carbons (Fsp3) is 0.316. The number of carboxylic acid groups (broad SMARTS) is 1. The van der Waals surface area contributed by atoms with Crippen LogP contribution in [0.2, 0.25) is 5.02 Å². The van der Waals surface area contributed by atoms with Gasteiger partial charge in [-0.1, -0.05) is 48.0 Å². The number of para-hydroxylation sites is 1. The first-order valence-corrected chi connectivity index (χ1v) is 8.71. The minimum Gasteiger partial charge on any atom is -0.481 e. The summed E-state index contributed by atoms with van der Waals surface area (Å²) < 4.78 is 0. The summed E-state index contributed by atoms with van der Waals surface area (Å²) in [5.41, 5.74) is 8.69. The van der Waals surface area contributed by atoms with Crippen LogP contribution in [-0.2, 0) is 11.3 Å². The fourth-order valence-electron chi connectivity index (χ4n) is 3.37. The average molecular weight is 360 g/mol. The highest BCUT2D eigenvalue weighted by atomic mass is 35.5. The molecule has 6 heteroatoms. The number of halogens is 1. The van der Waals surface area contributed by atoms with Crippen molar-refractivity contribution in [2.75, 3.05) is 30.3 Å². The van der Waals surface area contributed by atoms with Crippen LogP contribution in [0.1, 0.15) is 12.0 Å². The third-order valence-corrected chi connectivity index (χ3v) is 4.90. The predicted molar refractivity (Wildman–Crippen MR) is 101 cm³/mol. The number of piperazine rings is 1. The van der Waals surface area contributed by atoms with Crippen LogP contribution in [-0.4, -0.2) is 41.7 Å². The van der Waals surface area contributed by atoms with Gasteiger partial charge in [0.05, 0.1) is 28.9 Å². The summed E-state index contributed by atoms with van der Waals surface area (Å²) in [6.07, 6.45) is 0.0667. The lowest BCUT2D eigenvalue weighted by Crippen LogP contribution is -2.53. The van der Waals surface area contributed by atoms with Crippen LogP contribution in [0.3, 0.4) is 0 Å². The number of nitrogen functional groups attached to an aromatic ring is 1. The average Bonchev–Trinajstić information content (AvgIpc) is 2.58. The lowest BCUT2D eigenvalue weighted by molar-refractivity contribution is -0.137. The minimum atomic E-state index is -0.808. The van der Waals surface area contributed by atoms with Gasteiger partial charge in [0.15, 0.2) is 0 Å². The number of nitrogens with zero attached hydrogens (tertiary/aromatic N) is 2. The Hall–Kier alpha value is -2.24. The molecule has 0 amide bonds. The van der Waals surface area contributed by atoms with E-state index in [1.54, 1.807) is 6.07 Å². The van der Waals surface area contributed by atoms with E-state index in [2.05, 4.69) is 21.9 Å². The summed E-state index contributed by atoms with van der Waals surface area (Å²) >= 11 is 6.14. The van der Waals surface area contributed by atoms with Crippen molar-refractivity contribution in [2.45, 2.75) is 19.0 Å². The SMILES string of the molecule is Nc1c(Cl)cccc1N1CCN(Cc2ccccc2)C[C@H]1CC(=O)O. The summed E-state index contributed by atoms with van der Waals surface area (Å²) in [6.45, 7) is 3.05. The van der Waals surface area contributed by atoms with Gasteiger partial charge in [-0.15, -0.1) is 0 Å². The molecular weight excluding hydrogens is 338 g/mol. The van der Waals surface area contributed by atoms with E-state index in [9.17, 15) is 9.90 Å². The monoisotopic (exact) mass is 359 g/mol. The topological polar surface area (TPSA) is 69.8 Å². The maximum Gasteiger partial charge on any atom is 0.305 e. The Bertz CT molecular complexity index is 739. The first-order valence-electron chi connectivity index (χ1n) is 8.33. The van der Waals surface area contributed by atoms with Crippen LogP contribution in [0.25, 0.3) is 0 Å². The summed E-state index contributed by atoms with van der Waals surface area (Å²) in [5.74, 6) is -0.808. The third-order valence-electron chi connectivity index (χ3n) is 4.57. The second-order valence-electron chi connectivity index (χ2n) is 6.34. The molecule has 1 aliphatic heterocycles. The third kappa shape index (κ3) is 4.24. The Morgan fingerprint density at radius 1 is 1.16 bits per heavy atom. The van der Waals surface area contributed by atoms with Gasteiger partial charge in [-0.2, -0.15) is 0 Å². The van der Waals surface area contributed by atoms with Crippen molar-refractivity contribution >= 4 is 28.9 Å². The molecule has 2 aromatic carbocycles. The minimum absolute atomic E-state index is 0.0667. The number of hydrogen-bond donors (Lipinski definition) is 2. The van der Waals surface area contributed by atoms with Crippen LogP contribution in [0.5, 0.6) is 0 Å². The van der Waals surface area contributed by atoms with E-state index >= 15 is 0 Å². The molecule has 0 aromatic heterocycles. The van der Waals surface area contributed by atoms with E-state index in [4.69, 9.17) is 17.3 Å². The number of hydrogen-bond acceptors (Lipinski definition) is 4. The standard InChI is InChI=1S/C19H22ClN3O2/c20-16-7-4-8-17(19(16)21)23-10-9-22(13-15(23)11-18(24)25)12-14-5-2-1-3-6-14/h1-8,15H,9-13,21H2,(H,24,25)/t15-/m1/s1. The van der Waals surface area contributed by atoms with Gasteiger partial charge in [-0.3, -0.25) is 9.69 Å². The van der Waals surface area contributed by atoms with E-state index < -0.39 is 5.97 Å². The molecule has 3 rings (SSSR count). The quantitative estimate of drug-likeness (QED) is 0.803. The second-order valence-corrected chi connectivity index (χ2v) is 6.75. The molecule has 2 aromatic rings. The number of nitrogens with two attached hydrogens (primary N) is 1. The van der Waals surface area contributed by atoms with Gasteiger partial charge in [-0.25, -0.2) is 0 Å². The van der Waals surface area contributed by atoms with Crippen molar-refractivity contribution in [3.63, 3.8) is 0 Å². The lowest BCUT2D eigenvalue weighted by atomic mass is 10.1. The highest BCUT2D eigenvalue weighted by Gasteiger charge is 2.30. The Morgan fingerprint density at radius 3 is 2.64 bits per heavy atom. The number of carboxylic acids is 1. The Kier molecular flexibility index (Phi) is 5.46. The van der Waals surface area contributed by atoms with E-state index in [1.807, 2.05) is 30.3 Å². The molecule has 1 aliphatic rings. The Labute approximate surface area is 152 Å². The summed E-state index contributed by atoms with van der Waals surface area (Å²) in [7, 11) is 0. The molecule has 3 N–H and O–H groups in total. The lowest BCUT2D eigenvalue weighted by Gasteiger charge is -2.43. The van der Waals surface area contributed by atoms with E-state index in [1.165, 1.54) is 5.56 Å². The molecule has 0 saturated carbocycles. The molecule has 5 nitrogen and oxygen atoms in total. The van der Waals surface area contributed by atoms with Crippen LogP contribution in [0.4, 0.5) is 11.4 Å². The van der Waals surface area contributed by atoms with E-state index in [0.717, 1.165) is 25.3 Å². The van der Waals surface area contributed by atoms with Crippen molar-refractivity contribution < 1.29 is 9.90 Å². The van der Waals surface area contributed by atoms with Crippen molar-refractivity contribution in [2.24, 2.45) is 0 Å². The van der Waals surface area contributed by atoms with Crippen molar-refractivity contribution in [3.8, 4) is 0 Å². The van der Waals surface area contributed by atoms with Gasteiger partial charge < -0.3 is 15.7 Å². The van der Waals surface area contributed by atoms with Crippen LogP contribution < -0.4 is 10.6 Å². The summed E-state index contributed by atoms with van der Waals surface area (Å²) in [5, 5.41) is 9.83. The largest absolute Gasteiger partial charge is 0.481 e. The van der Waals surface area contributed by atoms with E-state index in [-0.39, 0.29) is 12.5 Å². The number of aliphatic carboxylic acids is 1. The van der Waals surface area contributed by atoms with Gasteiger partial charge >= 0.3 is 5.97 Å². The molecule has 132 valence electrons. The maximum absolute atomic E-state index is 11.4.